The third-order valence-electron chi connectivity index (χ3n) is 2.50. The van der Waals surface area contributed by atoms with E-state index in [1.165, 1.54) is 21.5 Å². The first-order valence-corrected chi connectivity index (χ1v) is 8.90. The Hall–Kier alpha value is -0.907. The summed E-state index contributed by atoms with van der Waals surface area (Å²) in [6.45, 7) is 0. The summed E-state index contributed by atoms with van der Waals surface area (Å²) in [6.07, 6.45) is 0. The second-order valence-corrected chi connectivity index (χ2v) is 3.44. The van der Waals surface area contributed by atoms with Crippen molar-refractivity contribution in [2.24, 2.45) is 0 Å². The van der Waals surface area contributed by atoms with Crippen LogP contribution in [0.5, 0.6) is 0 Å². The molecule has 3 aromatic carbocycles. The zero-order chi connectivity index (χ0) is 11.4. The molecular weight excluding hydrogens is 269 g/mol. The minimum atomic E-state index is 0.847. The van der Waals surface area contributed by atoms with E-state index in [4.69, 9.17) is 9.69 Å². The largest absolute Gasteiger partial charge is 0.118 e. The van der Waals surface area contributed by atoms with Gasteiger partial charge in [0.25, 0.3) is 0 Å². The van der Waals surface area contributed by atoms with Crippen molar-refractivity contribution in [3.8, 4) is 0 Å². The van der Waals surface area contributed by atoms with Crippen molar-refractivity contribution in [3.05, 3.63) is 60.7 Å². The molecule has 3 rings (SSSR count). The van der Waals surface area contributed by atoms with Gasteiger partial charge in [0.1, 0.15) is 0 Å². The van der Waals surface area contributed by atoms with Gasteiger partial charge in [0.2, 0.25) is 0 Å². The molecule has 0 N–H and O–H groups in total. The molecule has 0 atom stereocenters. The van der Waals surface area contributed by atoms with Crippen LogP contribution in [-0.2, 0) is 17.3 Å². The molecule has 0 saturated carbocycles. The van der Waals surface area contributed by atoms with Crippen LogP contribution >= 0.6 is 9.69 Å². The van der Waals surface area contributed by atoms with Crippen molar-refractivity contribution in [1.29, 1.82) is 0 Å². The summed E-state index contributed by atoms with van der Waals surface area (Å²) in [5, 5.41) is 4.88. The summed E-state index contributed by atoms with van der Waals surface area (Å²) in [7, 11) is 4.76. The van der Waals surface area contributed by atoms with Gasteiger partial charge in [-0.3, -0.25) is 0 Å². The predicted molar refractivity (Wildman–Crippen MR) is 66.1 cm³/mol. The number of hydrogen-bond acceptors (Lipinski definition) is 0. The van der Waals surface area contributed by atoms with Crippen molar-refractivity contribution < 1.29 is 17.3 Å². The van der Waals surface area contributed by atoms with Gasteiger partial charge in [-0.2, -0.15) is 0 Å². The van der Waals surface area contributed by atoms with Crippen LogP contribution < -0.4 is 0 Å². The van der Waals surface area contributed by atoms with E-state index in [-0.39, 0.29) is 0 Å². The van der Waals surface area contributed by atoms with Crippen LogP contribution in [0.15, 0.2) is 54.6 Å². The molecule has 74 valence electrons. The molecule has 16 heavy (non-hydrogen) atoms. The molecule has 0 heterocycles. The van der Waals surface area contributed by atoms with Crippen LogP contribution in [-0.4, -0.2) is 0 Å². The quantitative estimate of drug-likeness (QED) is 0.323. The predicted octanol–water partition coefficient (Wildman–Crippen LogP) is 4.48. The minimum Gasteiger partial charge on any atom is -0.118 e. The van der Waals surface area contributed by atoms with E-state index in [0.29, 0.717) is 0 Å². The van der Waals surface area contributed by atoms with E-state index < -0.39 is 0 Å². The first kappa shape index (κ1) is 11.6. The molecular formula is C14H9ClZn. The first-order chi connectivity index (χ1) is 7.93. The summed E-state index contributed by atoms with van der Waals surface area (Å²) in [5.74, 6) is 0. The Labute approximate surface area is 109 Å². The van der Waals surface area contributed by atoms with E-state index >= 15 is 0 Å². The van der Waals surface area contributed by atoms with Gasteiger partial charge in [0.05, 0.1) is 0 Å². The fraction of sp³-hybridized carbons (Fsp3) is 0. The third kappa shape index (κ3) is 2.26. The summed E-state index contributed by atoms with van der Waals surface area (Å²) in [4.78, 5) is 0. The standard InChI is InChI=1S/C14H9.ClH.Zn/c1-2-6-12-10-14-8-4-3-7-13(14)9-11(12)5-1;;/h1-9H;1H;/q-1;;+2/p-1. The average molecular weight is 278 g/mol. The Bertz CT molecular complexity index is 499. The topological polar surface area (TPSA) is 0 Å². The zero-order valence-electron chi connectivity index (χ0n) is 8.78. The van der Waals surface area contributed by atoms with Crippen LogP contribution in [0.1, 0.15) is 0 Å². The van der Waals surface area contributed by atoms with Crippen molar-refractivity contribution in [2.75, 3.05) is 0 Å². The van der Waals surface area contributed by atoms with Crippen LogP contribution in [0.3, 0.4) is 0 Å². The third-order valence-corrected chi connectivity index (χ3v) is 2.50. The number of halogens is 1. The Kier molecular flexibility index (Phi) is 3.93. The van der Waals surface area contributed by atoms with E-state index in [1.54, 1.807) is 0 Å². The second kappa shape index (κ2) is 5.43. The number of fused-ring (bicyclic) bond motifs is 2. The number of rotatable bonds is 0. The van der Waals surface area contributed by atoms with E-state index in [0.717, 1.165) is 17.3 Å². The second-order valence-electron chi connectivity index (χ2n) is 3.44. The maximum absolute atomic E-state index is 4.76. The summed E-state index contributed by atoms with van der Waals surface area (Å²) < 4.78 is 0. The van der Waals surface area contributed by atoms with Gasteiger partial charge in [-0.1, -0.05) is 47.2 Å². The monoisotopic (exact) mass is 276 g/mol. The Morgan fingerprint density at radius 1 is 0.750 bits per heavy atom. The van der Waals surface area contributed by atoms with Gasteiger partial charge in [-0.15, -0.1) is 35.0 Å². The summed E-state index contributed by atoms with van der Waals surface area (Å²) in [6, 6.07) is 22.3. The SMILES string of the molecule is [Cl][Zn+].[c-]1c2ccccc2cc2ccccc12. The molecule has 3 aromatic rings. The molecule has 0 unspecified atom stereocenters. The van der Waals surface area contributed by atoms with Gasteiger partial charge >= 0.3 is 27.0 Å². The molecule has 0 aliphatic heterocycles. The van der Waals surface area contributed by atoms with Crippen molar-refractivity contribution in [2.45, 2.75) is 0 Å². The molecule has 0 nitrogen and oxygen atoms in total. The molecule has 0 amide bonds. The molecule has 0 aliphatic carbocycles. The van der Waals surface area contributed by atoms with E-state index in [2.05, 4.69) is 48.5 Å². The van der Waals surface area contributed by atoms with Gasteiger partial charge in [0, 0.05) is 0 Å². The zero-order valence-corrected chi connectivity index (χ0v) is 12.5. The Balaban J connectivity index is 0.000000457. The smallest absolute Gasteiger partial charge is 0.0765 e. The number of hydrogen-bond donors (Lipinski definition) is 0. The minimum absolute atomic E-state index is 0.847. The Morgan fingerprint density at radius 3 is 1.69 bits per heavy atom. The normalized spacial score (nSPS) is 9.94. The molecule has 0 radical (unpaired) electrons. The Morgan fingerprint density at radius 2 is 1.19 bits per heavy atom. The summed E-state index contributed by atoms with van der Waals surface area (Å²) in [5.41, 5.74) is 0. The van der Waals surface area contributed by atoms with E-state index in [9.17, 15) is 0 Å². The van der Waals surface area contributed by atoms with E-state index in [1.807, 2.05) is 12.1 Å². The first-order valence-electron chi connectivity index (χ1n) is 5.00. The van der Waals surface area contributed by atoms with Crippen molar-refractivity contribution >= 4 is 31.2 Å². The van der Waals surface area contributed by atoms with Crippen LogP contribution in [0.4, 0.5) is 0 Å². The van der Waals surface area contributed by atoms with Gasteiger partial charge in [-0.25, -0.2) is 0 Å². The van der Waals surface area contributed by atoms with Crippen LogP contribution in [0.2, 0.25) is 0 Å². The van der Waals surface area contributed by atoms with Crippen LogP contribution in [0, 0.1) is 6.07 Å². The maximum atomic E-state index is 4.76. The van der Waals surface area contributed by atoms with Crippen LogP contribution in [0.25, 0.3) is 21.5 Å². The van der Waals surface area contributed by atoms with Crippen molar-refractivity contribution in [1.82, 2.24) is 0 Å². The summed E-state index contributed by atoms with van der Waals surface area (Å²) >= 11 is 0.847. The van der Waals surface area contributed by atoms with Gasteiger partial charge in [0.15, 0.2) is 0 Å². The maximum Gasteiger partial charge on any atom is -0.0765 e. The molecule has 0 fully saturated rings. The molecule has 0 aliphatic rings. The fourth-order valence-electron chi connectivity index (χ4n) is 1.79. The molecule has 0 bridgehead atoms. The fourth-order valence-corrected chi connectivity index (χ4v) is 1.79. The molecule has 0 aromatic heterocycles. The molecule has 0 saturated heterocycles. The van der Waals surface area contributed by atoms with Gasteiger partial charge < -0.3 is 0 Å². The number of benzene rings is 3. The van der Waals surface area contributed by atoms with Crippen molar-refractivity contribution in [3.63, 3.8) is 0 Å². The molecule has 0 spiro atoms. The molecule has 2 heteroatoms. The van der Waals surface area contributed by atoms with Gasteiger partial charge in [-0.05, 0) is 0 Å². The average Bonchev–Trinajstić information content (AvgIpc) is 2.38.